The second-order valence-electron chi connectivity index (χ2n) is 9.15. The van der Waals surface area contributed by atoms with E-state index in [0.717, 1.165) is 32.7 Å². The van der Waals surface area contributed by atoms with E-state index in [-0.39, 0.29) is 11.8 Å². The molecule has 3 aromatic heterocycles. The Kier molecular flexibility index (Phi) is 7.74. The molecule has 38 heavy (non-hydrogen) atoms. The van der Waals surface area contributed by atoms with Crippen LogP contribution < -0.4 is 20.3 Å². The zero-order valence-corrected chi connectivity index (χ0v) is 22.2. The third kappa shape index (κ3) is 5.89. The van der Waals surface area contributed by atoms with Gasteiger partial charge in [0.15, 0.2) is 11.4 Å². The smallest absolute Gasteiger partial charge is 0.230 e. The van der Waals surface area contributed by atoms with Crippen LogP contribution in [0.15, 0.2) is 47.1 Å². The van der Waals surface area contributed by atoms with E-state index in [1.165, 1.54) is 10.6 Å². The van der Waals surface area contributed by atoms with Crippen LogP contribution in [0.25, 0.3) is 17.1 Å². The van der Waals surface area contributed by atoms with Crippen molar-refractivity contribution in [2.75, 3.05) is 80.5 Å². The number of piperazine rings is 1. The Bertz CT molecular complexity index is 1410. The van der Waals surface area contributed by atoms with Crippen LogP contribution in [0.1, 0.15) is 0 Å². The SMILES string of the molecule is CN(CCN1CCN(c2ccc(OCC[S@@](C)=O)cc2F)CC1)c1nc(N)n2nc(-c3ccco3)cc2n1. The maximum Gasteiger partial charge on any atom is 0.230 e. The number of nitrogens with two attached hydrogens (primary N) is 1. The van der Waals surface area contributed by atoms with Crippen LogP contribution >= 0.6 is 0 Å². The fourth-order valence-corrected chi connectivity index (χ4v) is 4.64. The Morgan fingerprint density at radius 3 is 2.71 bits per heavy atom. The van der Waals surface area contributed by atoms with Gasteiger partial charge in [0.25, 0.3) is 0 Å². The van der Waals surface area contributed by atoms with Crippen molar-refractivity contribution in [1.29, 1.82) is 0 Å². The summed E-state index contributed by atoms with van der Waals surface area (Å²) in [5.41, 5.74) is 7.96. The first-order valence-corrected chi connectivity index (χ1v) is 14.1. The van der Waals surface area contributed by atoms with E-state index >= 15 is 0 Å². The Labute approximate surface area is 222 Å². The average Bonchev–Trinajstić information content (AvgIpc) is 3.58. The third-order valence-electron chi connectivity index (χ3n) is 6.47. The van der Waals surface area contributed by atoms with Crippen LogP contribution in [0, 0.1) is 5.82 Å². The molecule has 13 heteroatoms. The van der Waals surface area contributed by atoms with Crippen molar-refractivity contribution in [3.05, 3.63) is 48.5 Å². The number of benzene rings is 1. The monoisotopic (exact) mass is 542 g/mol. The summed E-state index contributed by atoms with van der Waals surface area (Å²) in [6.07, 6.45) is 3.21. The molecule has 2 N–H and O–H groups in total. The van der Waals surface area contributed by atoms with E-state index in [9.17, 15) is 8.60 Å². The summed E-state index contributed by atoms with van der Waals surface area (Å²) >= 11 is 0. The van der Waals surface area contributed by atoms with E-state index in [4.69, 9.17) is 14.9 Å². The highest BCUT2D eigenvalue weighted by molar-refractivity contribution is 7.84. The summed E-state index contributed by atoms with van der Waals surface area (Å²) < 4.78 is 38.3. The molecule has 4 aromatic rings. The lowest BCUT2D eigenvalue weighted by Gasteiger charge is -2.36. The zero-order valence-electron chi connectivity index (χ0n) is 21.4. The fraction of sp³-hybridized carbons (Fsp3) is 0.400. The molecule has 0 saturated carbocycles. The Hall–Kier alpha value is -3.71. The van der Waals surface area contributed by atoms with Gasteiger partial charge in [-0.15, -0.1) is 0 Å². The molecule has 0 bridgehead atoms. The molecule has 1 aliphatic rings. The highest BCUT2D eigenvalue weighted by atomic mass is 32.2. The van der Waals surface area contributed by atoms with Gasteiger partial charge in [-0.3, -0.25) is 9.11 Å². The molecule has 1 fully saturated rings. The number of hydrogen-bond donors (Lipinski definition) is 1. The van der Waals surface area contributed by atoms with Crippen molar-refractivity contribution in [1.82, 2.24) is 24.5 Å². The number of anilines is 3. The lowest BCUT2D eigenvalue weighted by molar-refractivity contribution is 0.262. The Balaban J connectivity index is 1.14. The van der Waals surface area contributed by atoms with E-state index in [1.54, 1.807) is 30.7 Å². The van der Waals surface area contributed by atoms with E-state index in [2.05, 4.69) is 24.9 Å². The summed E-state index contributed by atoms with van der Waals surface area (Å²) in [5, 5.41) is 4.43. The minimum Gasteiger partial charge on any atom is -0.493 e. The van der Waals surface area contributed by atoms with Gasteiger partial charge in [-0.1, -0.05) is 0 Å². The summed E-state index contributed by atoms with van der Waals surface area (Å²) in [6.45, 7) is 4.87. The van der Waals surface area contributed by atoms with Gasteiger partial charge in [-0.05, 0) is 24.3 Å². The van der Waals surface area contributed by atoms with Gasteiger partial charge in [0.05, 0.1) is 24.3 Å². The van der Waals surface area contributed by atoms with Gasteiger partial charge in [-0.25, -0.2) is 4.39 Å². The molecule has 1 atom stereocenters. The molecule has 1 aliphatic heterocycles. The molecule has 0 spiro atoms. The number of nitrogens with zero attached hydrogens (tertiary/aromatic N) is 7. The number of fused-ring (bicyclic) bond motifs is 1. The maximum absolute atomic E-state index is 14.7. The summed E-state index contributed by atoms with van der Waals surface area (Å²) in [6, 6.07) is 10.4. The molecule has 0 radical (unpaired) electrons. The van der Waals surface area contributed by atoms with Gasteiger partial charge in [0.2, 0.25) is 11.9 Å². The number of aromatic nitrogens is 4. The van der Waals surface area contributed by atoms with Crippen molar-refractivity contribution >= 4 is 34.0 Å². The van der Waals surface area contributed by atoms with Crippen LogP contribution in [0.2, 0.25) is 0 Å². The number of nitrogen functional groups attached to an aromatic ring is 1. The van der Waals surface area contributed by atoms with E-state index in [1.807, 2.05) is 24.1 Å². The minimum absolute atomic E-state index is 0.252. The molecule has 202 valence electrons. The van der Waals surface area contributed by atoms with Crippen molar-refractivity contribution < 1.29 is 17.8 Å². The molecule has 11 nitrogen and oxygen atoms in total. The summed E-state index contributed by atoms with van der Waals surface area (Å²) in [5.74, 6) is 1.97. The Morgan fingerprint density at radius 1 is 1.18 bits per heavy atom. The highest BCUT2D eigenvalue weighted by Crippen LogP contribution is 2.25. The highest BCUT2D eigenvalue weighted by Gasteiger charge is 2.21. The second kappa shape index (κ2) is 11.4. The predicted molar refractivity (Wildman–Crippen MR) is 146 cm³/mol. The molecule has 0 unspecified atom stereocenters. The molecule has 4 heterocycles. The van der Waals surface area contributed by atoms with Gasteiger partial charge >= 0.3 is 0 Å². The quantitative estimate of drug-likeness (QED) is 0.319. The number of likely N-dealkylation sites (N-methyl/N-ethyl adjacent to an activating group) is 1. The lowest BCUT2D eigenvalue weighted by atomic mass is 10.2. The molecule has 0 aliphatic carbocycles. The van der Waals surface area contributed by atoms with Crippen LogP contribution in [-0.4, -0.2) is 93.6 Å². The second-order valence-corrected chi connectivity index (χ2v) is 10.7. The summed E-state index contributed by atoms with van der Waals surface area (Å²) in [4.78, 5) is 15.4. The number of furan rings is 1. The minimum atomic E-state index is -0.937. The van der Waals surface area contributed by atoms with Crippen molar-refractivity contribution in [2.24, 2.45) is 0 Å². The number of rotatable bonds is 10. The topological polar surface area (TPSA) is 118 Å². The summed E-state index contributed by atoms with van der Waals surface area (Å²) in [7, 11) is 0.996. The van der Waals surface area contributed by atoms with Gasteiger partial charge < -0.3 is 24.7 Å². The lowest BCUT2D eigenvalue weighted by Crippen LogP contribution is -2.48. The van der Waals surface area contributed by atoms with Crippen molar-refractivity contribution in [2.45, 2.75) is 0 Å². The van der Waals surface area contributed by atoms with Gasteiger partial charge in [0.1, 0.15) is 17.3 Å². The molecule has 1 aromatic carbocycles. The first kappa shape index (κ1) is 25.9. The van der Waals surface area contributed by atoms with Crippen molar-refractivity contribution in [3.63, 3.8) is 0 Å². The molecule has 0 amide bonds. The average molecular weight is 543 g/mol. The van der Waals surface area contributed by atoms with Crippen LogP contribution in [0.4, 0.5) is 22.0 Å². The molecular weight excluding hydrogens is 511 g/mol. The van der Waals surface area contributed by atoms with Crippen LogP contribution in [0.3, 0.4) is 0 Å². The predicted octanol–water partition coefficient (Wildman–Crippen LogP) is 2.12. The van der Waals surface area contributed by atoms with Crippen LogP contribution in [0.5, 0.6) is 5.75 Å². The number of hydrogen-bond acceptors (Lipinski definition) is 10. The number of ether oxygens (including phenoxy) is 1. The molecule has 1 saturated heterocycles. The largest absolute Gasteiger partial charge is 0.493 e. The van der Waals surface area contributed by atoms with E-state index < -0.39 is 10.8 Å². The van der Waals surface area contributed by atoms with E-state index in [0.29, 0.717) is 53.4 Å². The Morgan fingerprint density at radius 2 is 2.00 bits per heavy atom. The number of halogens is 1. The third-order valence-corrected chi connectivity index (χ3v) is 7.22. The molecular formula is C25H31FN8O3S. The first-order valence-electron chi connectivity index (χ1n) is 12.4. The van der Waals surface area contributed by atoms with Gasteiger partial charge in [-0.2, -0.15) is 19.6 Å². The maximum atomic E-state index is 14.7. The fourth-order valence-electron chi connectivity index (χ4n) is 4.33. The standard InChI is InChI=1S/C25H31FN8O3S/c1-31(25-28-23-17-20(22-4-3-13-37-22)30-34(23)24(27)29-25)7-8-32-9-11-33(12-10-32)21-6-5-18(16-19(21)26)36-14-15-38(2)35/h3-6,13,16-17H,7-12,14-15H2,1-2H3,(H2,27,28,29)/t38-/m1/s1. The molecule has 5 rings (SSSR count). The van der Waals surface area contributed by atoms with Crippen molar-refractivity contribution in [3.8, 4) is 17.2 Å². The first-order chi connectivity index (χ1) is 18.4. The zero-order chi connectivity index (χ0) is 26.6. The normalized spacial score (nSPS) is 15.2. The van der Waals surface area contributed by atoms with Gasteiger partial charge in [0, 0.05) is 75.5 Å². The van der Waals surface area contributed by atoms with Crippen LogP contribution in [-0.2, 0) is 10.8 Å².